The molecule has 0 saturated carbocycles. The molecule has 0 unspecified atom stereocenters. The molecule has 108 valence electrons. The highest BCUT2D eigenvalue weighted by Crippen LogP contribution is 2.01. The molecule has 0 atom stereocenters. The molecule has 1 N–H and O–H groups in total. The van der Waals surface area contributed by atoms with Gasteiger partial charge in [0, 0.05) is 5.57 Å². The molecule has 0 spiro atoms. The van der Waals surface area contributed by atoms with Crippen LogP contribution in [0.15, 0.2) is 35.6 Å². The van der Waals surface area contributed by atoms with E-state index in [0.29, 0.717) is 12.0 Å². The smallest absolute Gasteiger partial charge is 0.152 e. The Hall–Kier alpha value is -1.58. The maximum atomic E-state index is 11.7. The molecule has 0 saturated heterocycles. The van der Waals surface area contributed by atoms with Crippen molar-refractivity contribution in [1.29, 1.82) is 0 Å². The first kappa shape index (κ1) is 25.3. The average Bonchev–Trinajstić information content (AvgIpc) is 2.38. The second-order valence-corrected chi connectivity index (χ2v) is 2.64. The van der Waals surface area contributed by atoms with Gasteiger partial charge in [0.2, 0.25) is 0 Å². The fourth-order valence-corrected chi connectivity index (χ4v) is 0.347. The second kappa shape index (κ2) is 17.8. The van der Waals surface area contributed by atoms with Gasteiger partial charge in [-0.2, -0.15) is 0 Å². The van der Waals surface area contributed by atoms with E-state index in [-0.39, 0.29) is 18.8 Å². The SMILES string of the molecule is C.C/C(F)=C(\C)C=O.C=C(OC)/C(O)=C\C.CC. The van der Waals surface area contributed by atoms with Gasteiger partial charge < -0.3 is 9.84 Å². The maximum absolute atomic E-state index is 11.7. The monoisotopic (exact) mass is 262 g/mol. The first-order valence-corrected chi connectivity index (χ1v) is 5.27. The minimum atomic E-state index is -0.407. The van der Waals surface area contributed by atoms with Crippen molar-refractivity contribution in [3.63, 3.8) is 0 Å². The van der Waals surface area contributed by atoms with E-state index in [2.05, 4.69) is 11.3 Å². The van der Waals surface area contributed by atoms with E-state index in [1.165, 1.54) is 27.0 Å². The summed E-state index contributed by atoms with van der Waals surface area (Å²) in [4.78, 5) is 9.65. The second-order valence-electron chi connectivity index (χ2n) is 2.64. The van der Waals surface area contributed by atoms with Crippen LogP contribution < -0.4 is 0 Å². The van der Waals surface area contributed by atoms with Crippen LogP contribution in [0.3, 0.4) is 0 Å². The Bertz CT molecular complexity index is 275. The van der Waals surface area contributed by atoms with E-state index in [1.54, 1.807) is 6.92 Å². The van der Waals surface area contributed by atoms with Gasteiger partial charge in [0.15, 0.2) is 11.5 Å². The molecule has 0 amide bonds. The first-order valence-electron chi connectivity index (χ1n) is 5.27. The number of carbonyl (C=O) groups excluding carboxylic acids is 1. The van der Waals surface area contributed by atoms with Crippen molar-refractivity contribution in [2.75, 3.05) is 7.11 Å². The Balaban J connectivity index is -0.0000000916. The van der Waals surface area contributed by atoms with Crippen LogP contribution in [0.4, 0.5) is 4.39 Å². The van der Waals surface area contributed by atoms with Crippen molar-refractivity contribution in [3.05, 3.63) is 35.6 Å². The molecule has 0 aromatic carbocycles. The number of aldehydes is 1. The summed E-state index contributed by atoms with van der Waals surface area (Å²) < 4.78 is 16.3. The molecule has 3 nitrogen and oxygen atoms in total. The topological polar surface area (TPSA) is 46.5 Å². The molecular formula is C14H27FO3. The van der Waals surface area contributed by atoms with Gasteiger partial charge in [0.1, 0.15) is 12.1 Å². The number of aliphatic hydroxyl groups is 1. The van der Waals surface area contributed by atoms with Crippen LogP contribution in [0.5, 0.6) is 0 Å². The fraction of sp³-hybridized carbons (Fsp3) is 0.500. The summed E-state index contributed by atoms with van der Waals surface area (Å²) in [7, 11) is 1.46. The van der Waals surface area contributed by atoms with Gasteiger partial charge in [-0.05, 0) is 26.8 Å². The molecule has 0 aromatic rings. The number of halogens is 1. The first-order chi connectivity index (χ1) is 7.90. The molecular weight excluding hydrogens is 235 g/mol. The quantitative estimate of drug-likeness (QED) is 0.346. The lowest BCUT2D eigenvalue weighted by atomic mass is 10.3. The van der Waals surface area contributed by atoms with Crippen LogP contribution in [0.2, 0.25) is 0 Å². The standard InChI is InChI=1S/C6H10O2.C5H7FO.C2H6.CH4/c1-4-6(7)5(2)8-3;1-4(3-7)5(2)6;1-2;/h4,7H,2H2,1,3H3;3H,1-2H3;1-2H3;1H4/b6-4+;5-4-;;. The van der Waals surface area contributed by atoms with E-state index in [9.17, 15) is 9.18 Å². The van der Waals surface area contributed by atoms with Crippen molar-refractivity contribution < 1.29 is 19.0 Å². The summed E-state index contributed by atoms with van der Waals surface area (Å²) in [6.45, 7) is 11.8. The van der Waals surface area contributed by atoms with Gasteiger partial charge in [-0.3, -0.25) is 4.79 Å². The molecule has 0 fully saturated rings. The van der Waals surface area contributed by atoms with Gasteiger partial charge in [0.05, 0.1) is 7.11 Å². The van der Waals surface area contributed by atoms with Crippen LogP contribution in [-0.4, -0.2) is 18.5 Å². The molecule has 0 aliphatic heterocycles. The van der Waals surface area contributed by atoms with Gasteiger partial charge >= 0.3 is 0 Å². The zero-order chi connectivity index (χ0) is 14.4. The lowest BCUT2D eigenvalue weighted by Crippen LogP contribution is -1.87. The Labute approximate surface area is 111 Å². The Morgan fingerprint density at radius 2 is 1.72 bits per heavy atom. The van der Waals surface area contributed by atoms with Gasteiger partial charge in [0.25, 0.3) is 0 Å². The normalized spacial score (nSPS) is 10.3. The largest absolute Gasteiger partial charge is 0.504 e. The summed E-state index contributed by atoms with van der Waals surface area (Å²) in [6, 6.07) is 0. The lowest BCUT2D eigenvalue weighted by Gasteiger charge is -1.99. The molecule has 0 aliphatic carbocycles. The minimum Gasteiger partial charge on any atom is -0.504 e. The number of methoxy groups -OCH3 is 1. The highest BCUT2D eigenvalue weighted by molar-refractivity contribution is 5.72. The number of ether oxygens (including phenoxy) is 1. The fourth-order valence-electron chi connectivity index (χ4n) is 0.347. The highest BCUT2D eigenvalue weighted by atomic mass is 19.1. The van der Waals surface area contributed by atoms with Crippen molar-refractivity contribution in [3.8, 4) is 0 Å². The van der Waals surface area contributed by atoms with Crippen LogP contribution in [0.25, 0.3) is 0 Å². The Kier molecular flexibility index (Phi) is 25.0. The summed E-state index contributed by atoms with van der Waals surface area (Å²) >= 11 is 0. The van der Waals surface area contributed by atoms with Crippen molar-refractivity contribution >= 4 is 6.29 Å². The van der Waals surface area contributed by atoms with Crippen LogP contribution in [0, 0.1) is 0 Å². The van der Waals surface area contributed by atoms with Gasteiger partial charge in [-0.1, -0.05) is 27.9 Å². The Morgan fingerprint density at radius 3 is 1.78 bits per heavy atom. The van der Waals surface area contributed by atoms with Crippen molar-refractivity contribution in [1.82, 2.24) is 0 Å². The van der Waals surface area contributed by atoms with E-state index >= 15 is 0 Å². The summed E-state index contributed by atoms with van der Waals surface area (Å²) in [5.41, 5.74) is 0.167. The molecule has 0 rings (SSSR count). The molecule has 0 bridgehead atoms. The maximum Gasteiger partial charge on any atom is 0.152 e. The zero-order valence-electron chi connectivity index (χ0n) is 11.5. The third-order valence-electron chi connectivity index (χ3n) is 1.53. The molecule has 0 aromatic heterocycles. The number of hydrogen-bond donors (Lipinski definition) is 1. The lowest BCUT2D eigenvalue weighted by molar-refractivity contribution is -0.105. The van der Waals surface area contributed by atoms with Crippen LogP contribution >= 0.6 is 0 Å². The predicted molar refractivity (Wildman–Crippen MR) is 76.2 cm³/mol. The molecule has 0 radical (unpaired) electrons. The van der Waals surface area contributed by atoms with Crippen LogP contribution in [-0.2, 0) is 9.53 Å². The summed E-state index contributed by atoms with van der Waals surface area (Å²) in [6.07, 6.45) is 2.02. The number of hydrogen-bond acceptors (Lipinski definition) is 3. The molecule has 0 heterocycles. The number of allylic oxidation sites excluding steroid dienone is 3. The third kappa shape index (κ3) is 16.8. The van der Waals surface area contributed by atoms with Crippen molar-refractivity contribution in [2.24, 2.45) is 0 Å². The third-order valence-corrected chi connectivity index (χ3v) is 1.53. The van der Waals surface area contributed by atoms with E-state index in [0.717, 1.165) is 0 Å². The molecule has 0 aliphatic rings. The molecule has 4 heteroatoms. The zero-order valence-corrected chi connectivity index (χ0v) is 11.5. The van der Waals surface area contributed by atoms with Gasteiger partial charge in [-0.15, -0.1) is 0 Å². The predicted octanol–water partition coefficient (Wildman–Crippen LogP) is 4.72. The summed E-state index contributed by atoms with van der Waals surface area (Å²) in [5, 5.41) is 8.76. The molecule has 18 heavy (non-hydrogen) atoms. The van der Waals surface area contributed by atoms with E-state index < -0.39 is 5.83 Å². The van der Waals surface area contributed by atoms with E-state index in [1.807, 2.05) is 13.8 Å². The Morgan fingerprint density at radius 1 is 1.33 bits per heavy atom. The average molecular weight is 262 g/mol. The van der Waals surface area contributed by atoms with Crippen LogP contribution in [0.1, 0.15) is 42.0 Å². The highest BCUT2D eigenvalue weighted by Gasteiger charge is 1.93. The van der Waals surface area contributed by atoms with Crippen molar-refractivity contribution in [2.45, 2.75) is 42.0 Å². The summed E-state index contributed by atoms with van der Waals surface area (Å²) in [5.74, 6) is -0.0185. The number of rotatable bonds is 3. The number of carbonyl (C=O) groups is 1. The minimum absolute atomic E-state index is 0. The van der Waals surface area contributed by atoms with E-state index in [4.69, 9.17) is 5.11 Å². The van der Waals surface area contributed by atoms with Gasteiger partial charge in [-0.25, -0.2) is 4.39 Å². The number of aliphatic hydroxyl groups excluding tert-OH is 1.